The normalized spacial score (nSPS) is 12.0. The molecule has 0 aliphatic carbocycles. The van der Waals surface area contributed by atoms with Crippen molar-refractivity contribution in [1.82, 2.24) is 9.78 Å². The van der Waals surface area contributed by atoms with Crippen LogP contribution in [0.1, 0.15) is 13.8 Å². The zero-order valence-corrected chi connectivity index (χ0v) is 10.6. The van der Waals surface area contributed by atoms with Crippen molar-refractivity contribution >= 4 is 28.5 Å². The molecule has 0 radical (unpaired) electrons. The van der Waals surface area contributed by atoms with Gasteiger partial charge in [0.1, 0.15) is 11.7 Å². The van der Waals surface area contributed by atoms with E-state index in [0.29, 0.717) is 12.3 Å². The van der Waals surface area contributed by atoms with Crippen LogP contribution in [0, 0.1) is 0 Å². The van der Waals surface area contributed by atoms with E-state index in [1.54, 1.807) is 4.68 Å². The third kappa shape index (κ3) is 2.05. The maximum Gasteiger partial charge on any atom is 0.132 e. The lowest BCUT2D eigenvalue weighted by molar-refractivity contribution is 0.580. The van der Waals surface area contributed by atoms with Crippen LogP contribution in [0.15, 0.2) is 10.7 Å². The van der Waals surface area contributed by atoms with Crippen molar-refractivity contribution in [2.24, 2.45) is 7.05 Å². The van der Waals surface area contributed by atoms with Gasteiger partial charge in [0.25, 0.3) is 0 Å². The van der Waals surface area contributed by atoms with Gasteiger partial charge in [0.05, 0.1) is 5.44 Å². The van der Waals surface area contributed by atoms with Gasteiger partial charge in [-0.25, -0.2) is 0 Å². The lowest BCUT2D eigenvalue weighted by atomic mass is 10.7. The van der Waals surface area contributed by atoms with E-state index < -0.39 is 7.14 Å². The second kappa shape index (κ2) is 3.97. The van der Waals surface area contributed by atoms with E-state index in [9.17, 15) is 4.57 Å². The Morgan fingerprint density at radius 2 is 2.08 bits per heavy atom. The van der Waals surface area contributed by atoms with E-state index in [1.165, 1.54) is 0 Å². The van der Waals surface area contributed by atoms with Gasteiger partial charge in [0, 0.05) is 25.4 Å². The van der Waals surface area contributed by atoms with Crippen LogP contribution in [0.2, 0.25) is 0 Å². The van der Waals surface area contributed by atoms with Crippen LogP contribution >= 0.6 is 23.1 Å². The molecular weight excluding hydrogens is 251 g/mol. The second-order valence-electron chi connectivity index (χ2n) is 2.97. The first-order valence-electron chi connectivity index (χ1n) is 4.31. The fourth-order valence-corrected chi connectivity index (χ4v) is 4.01. The Hall–Kier alpha value is -0.0800. The molecular formula is C8H14BrN2OP. The summed E-state index contributed by atoms with van der Waals surface area (Å²) in [5.74, 6) is 0. The summed E-state index contributed by atoms with van der Waals surface area (Å²) in [5.41, 5.74) is 0.865. The molecule has 0 atom stereocenters. The fraction of sp³-hybridized carbons (Fsp3) is 0.625. The van der Waals surface area contributed by atoms with Gasteiger partial charge < -0.3 is 4.57 Å². The number of aromatic nitrogens is 2. The van der Waals surface area contributed by atoms with E-state index in [-0.39, 0.29) is 0 Å². The van der Waals surface area contributed by atoms with Crippen molar-refractivity contribution in [3.63, 3.8) is 0 Å². The molecule has 0 saturated heterocycles. The molecule has 0 N–H and O–H groups in total. The number of hydrogen-bond donors (Lipinski definition) is 0. The van der Waals surface area contributed by atoms with Crippen LogP contribution < -0.4 is 5.44 Å². The highest BCUT2D eigenvalue weighted by molar-refractivity contribution is 9.10. The number of rotatable bonds is 3. The maximum absolute atomic E-state index is 12.3. The second-order valence-corrected chi connectivity index (χ2v) is 7.28. The van der Waals surface area contributed by atoms with E-state index in [2.05, 4.69) is 21.0 Å². The van der Waals surface area contributed by atoms with Crippen molar-refractivity contribution in [3.8, 4) is 0 Å². The molecule has 0 amide bonds. The van der Waals surface area contributed by atoms with Crippen LogP contribution in [0.4, 0.5) is 0 Å². The molecule has 0 aromatic carbocycles. The monoisotopic (exact) mass is 264 g/mol. The molecule has 0 bridgehead atoms. The van der Waals surface area contributed by atoms with Crippen LogP contribution in [-0.4, -0.2) is 22.1 Å². The average Bonchev–Trinajstić information content (AvgIpc) is 2.44. The molecule has 13 heavy (non-hydrogen) atoms. The summed E-state index contributed by atoms with van der Waals surface area (Å²) >= 11 is 3.28. The van der Waals surface area contributed by atoms with Gasteiger partial charge in [-0.1, -0.05) is 13.8 Å². The highest BCUT2D eigenvalue weighted by Crippen LogP contribution is 2.43. The van der Waals surface area contributed by atoms with Crippen molar-refractivity contribution in [2.75, 3.05) is 12.3 Å². The van der Waals surface area contributed by atoms with Crippen LogP contribution in [-0.2, 0) is 11.6 Å². The lowest BCUT2D eigenvalue weighted by Gasteiger charge is -2.13. The molecule has 3 nitrogen and oxygen atoms in total. The topological polar surface area (TPSA) is 34.9 Å². The minimum Gasteiger partial charge on any atom is -0.317 e. The van der Waals surface area contributed by atoms with Gasteiger partial charge in [0.2, 0.25) is 0 Å². The van der Waals surface area contributed by atoms with Gasteiger partial charge in [-0.05, 0) is 15.9 Å². The molecule has 1 rings (SSSR count). The first-order valence-corrected chi connectivity index (χ1v) is 7.18. The first-order chi connectivity index (χ1) is 6.03. The average molecular weight is 265 g/mol. The summed E-state index contributed by atoms with van der Waals surface area (Å²) in [4.78, 5) is 0. The van der Waals surface area contributed by atoms with Crippen LogP contribution in [0.3, 0.4) is 0 Å². The zero-order valence-electron chi connectivity index (χ0n) is 8.12. The van der Waals surface area contributed by atoms with E-state index >= 15 is 0 Å². The SMILES string of the molecule is CCP(=O)(CC)c1cc(Br)nn1C. The molecule has 1 aromatic heterocycles. The largest absolute Gasteiger partial charge is 0.317 e. The number of hydrogen-bond acceptors (Lipinski definition) is 2. The zero-order chi connectivity index (χ0) is 10.1. The predicted molar refractivity (Wildman–Crippen MR) is 59.2 cm³/mol. The van der Waals surface area contributed by atoms with Crippen molar-refractivity contribution < 1.29 is 4.57 Å². The minimum atomic E-state index is -2.18. The molecule has 5 heteroatoms. The molecule has 74 valence electrons. The molecule has 0 spiro atoms. The van der Waals surface area contributed by atoms with Crippen molar-refractivity contribution in [1.29, 1.82) is 0 Å². The Kier molecular flexibility index (Phi) is 3.36. The van der Waals surface area contributed by atoms with Gasteiger partial charge in [0.15, 0.2) is 0 Å². The molecule has 1 heterocycles. The van der Waals surface area contributed by atoms with E-state index in [0.717, 1.165) is 10.0 Å². The smallest absolute Gasteiger partial charge is 0.132 e. The van der Waals surface area contributed by atoms with Gasteiger partial charge in [-0.3, -0.25) is 4.68 Å². The fourth-order valence-electron chi connectivity index (χ4n) is 1.35. The van der Waals surface area contributed by atoms with Crippen LogP contribution in [0.5, 0.6) is 0 Å². The summed E-state index contributed by atoms with van der Waals surface area (Å²) < 4.78 is 14.8. The van der Waals surface area contributed by atoms with Gasteiger partial charge >= 0.3 is 0 Å². The summed E-state index contributed by atoms with van der Waals surface area (Å²) in [7, 11) is -0.348. The first kappa shape index (κ1) is 11.0. The molecule has 0 aliphatic heterocycles. The Bertz CT molecular complexity index is 340. The maximum atomic E-state index is 12.3. The number of nitrogens with zero attached hydrogens (tertiary/aromatic N) is 2. The van der Waals surface area contributed by atoms with Crippen LogP contribution in [0.25, 0.3) is 0 Å². The number of halogens is 1. The van der Waals surface area contributed by atoms with Crippen molar-refractivity contribution in [2.45, 2.75) is 13.8 Å². The summed E-state index contributed by atoms with van der Waals surface area (Å²) in [6.07, 6.45) is 1.41. The van der Waals surface area contributed by atoms with E-state index in [1.807, 2.05) is 27.0 Å². The molecule has 0 saturated carbocycles. The van der Waals surface area contributed by atoms with Gasteiger partial charge in [-0.15, -0.1) is 0 Å². The standard InChI is InChI=1S/C8H14BrN2OP/c1-4-13(12,5-2)8-6-7(9)10-11(8)3/h6H,4-5H2,1-3H3. The van der Waals surface area contributed by atoms with E-state index in [4.69, 9.17) is 0 Å². The molecule has 0 aliphatic rings. The van der Waals surface area contributed by atoms with Gasteiger partial charge in [-0.2, -0.15) is 5.10 Å². The third-order valence-corrected chi connectivity index (χ3v) is 5.95. The molecule has 1 aromatic rings. The molecule has 0 fully saturated rings. The summed E-state index contributed by atoms with van der Waals surface area (Å²) in [6.45, 7) is 3.93. The quantitative estimate of drug-likeness (QED) is 0.785. The third-order valence-electron chi connectivity index (χ3n) is 2.26. The number of aryl methyl sites for hydroxylation is 1. The highest BCUT2D eigenvalue weighted by Gasteiger charge is 2.24. The lowest BCUT2D eigenvalue weighted by Crippen LogP contribution is -2.17. The highest BCUT2D eigenvalue weighted by atomic mass is 79.9. The minimum absolute atomic E-state index is 0.704. The Morgan fingerprint density at radius 3 is 2.38 bits per heavy atom. The molecule has 0 unspecified atom stereocenters. The summed E-state index contributed by atoms with van der Waals surface area (Å²) in [5, 5.41) is 4.13. The Labute approximate surface area is 87.0 Å². The summed E-state index contributed by atoms with van der Waals surface area (Å²) in [6, 6.07) is 1.85. The predicted octanol–water partition coefficient (Wildman–Crippen LogP) is 2.21. The Balaban J connectivity index is 3.19. The Morgan fingerprint density at radius 1 is 1.54 bits per heavy atom. The van der Waals surface area contributed by atoms with Crippen molar-refractivity contribution in [3.05, 3.63) is 10.7 Å².